The van der Waals surface area contributed by atoms with E-state index in [-0.39, 0.29) is 5.13 Å². The number of alkyl halides is 3. The van der Waals surface area contributed by atoms with Crippen molar-refractivity contribution in [3.05, 3.63) is 6.33 Å². The van der Waals surface area contributed by atoms with Gasteiger partial charge in [-0.2, -0.15) is 17.5 Å². The van der Waals surface area contributed by atoms with E-state index in [0.29, 0.717) is 18.5 Å². The van der Waals surface area contributed by atoms with Crippen molar-refractivity contribution in [1.29, 1.82) is 0 Å². The minimum atomic E-state index is -4.93. The summed E-state index contributed by atoms with van der Waals surface area (Å²) >= 11 is 0.648. The zero-order chi connectivity index (χ0) is 11.7. The topological polar surface area (TPSA) is 75.1 Å². The molecule has 0 amide bonds. The van der Waals surface area contributed by atoms with Crippen LogP contribution in [-0.4, -0.2) is 32.1 Å². The largest absolute Gasteiger partial charge is 0.479 e. The van der Waals surface area contributed by atoms with E-state index in [2.05, 4.69) is 9.36 Å². The summed E-state index contributed by atoms with van der Waals surface area (Å²) in [5, 5.41) is 10.1. The number of rotatable bonds is 3. The van der Waals surface area contributed by atoms with Crippen LogP contribution in [0, 0.1) is 0 Å². The number of halogens is 3. The molecule has 0 aliphatic rings. The molecule has 0 spiro atoms. The van der Waals surface area contributed by atoms with Crippen LogP contribution in [0.15, 0.2) is 6.33 Å². The van der Waals surface area contributed by atoms with Crippen molar-refractivity contribution in [2.75, 3.05) is 5.32 Å². The standard InChI is InChI=1S/C6H6F3N3O2S/c1-5(3(13)14,6(7,8)9)12-4-10-2-11-15-4/h2H,1H3,(H,13,14)(H,10,11,12). The number of nitrogens with zero attached hydrogens (tertiary/aromatic N) is 2. The zero-order valence-electron chi connectivity index (χ0n) is 7.37. The molecule has 0 aliphatic heterocycles. The molecule has 0 fully saturated rings. The van der Waals surface area contributed by atoms with Crippen LogP contribution in [0.3, 0.4) is 0 Å². The summed E-state index contributed by atoms with van der Waals surface area (Å²) in [6.45, 7) is 0.525. The second-order valence-corrected chi connectivity index (χ2v) is 3.58. The first-order chi connectivity index (χ1) is 6.77. The van der Waals surface area contributed by atoms with Crippen molar-refractivity contribution < 1.29 is 23.1 Å². The highest BCUT2D eigenvalue weighted by molar-refractivity contribution is 7.09. The second kappa shape index (κ2) is 3.65. The third-order valence-corrected chi connectivity index (χ3v) is 2.29. The molecule has 2 N–H and O–H groups in total. The molecule has 1 aromatic rings. The Balaban J connectivity index is 2.99. The molecule has 0 bridgehead atoms. The maximum atomic E-state index is 12.5. The maximum Gasteiger partial charge on any atom is 0.422 e. The highest BCUT2D eigenvalue weighted by atomic mass is 32.1. The van der Waals surface area contributed by atoms with E-state index in [9.17, 15) is 18.0 Å². The van der Waals surface area contributed by atoms with Crippen LogP contribution in [-0.2, 0) is 4.79 Å². The number of hydrogen-bond acceptors (Lipinski definition) is 5. The summed E-state index contributed by atoms with van der Waals surface area (Å²) < 4.78 is 40.8. The minimum absolute atomic E-state index is 0.197. The third kappa shape index (κ3) is 2.17. The molecule has 0 aliphatic carbocycles. The van der Waals surface area contributed by atoms with Gasteiger partial charge in [0, 0.05) is 11.5 Å². The molecule has 84 valence electrons. The number of hydrogen-bond donors (Lipinski definition) is 2. The van der Waals surface area contributed by atoms with Gasteiger partial charge >= 0.3 is 12.1 Å². The third-order valence-electron chi connectivity index (χ3n) is 1.71. The summed E-state index contributed by atoms with van der Waals surface area (Å²) in [4.78, 5) is 14.0. The molecule has 5 nitrogen and oxygen atoms in total. The van der Waals surface area contributed by atoms with Crippen LogP contribution in [0.5, 0.6) is 0 Å². The molecular formula is C6H6F3N3O2S. The van der Waals surface area contributed by atoms with Gasteiger partial charge in [0.05, 0.1) is 0 Å². The molecule has 15 heavy (non-hydrogen) atoms. The van der Waals surface area contributed by atoms with Gasteiger partial charge < -0.3 is 10.4 Å². The molecular weight excluding hydrogens is 235 g/mol. The van der Waals surface area contributed by atoms with Gasteiger partial charge in [0.1, 0.15) is 6.33 Å². The first-order valence-corrected chi connectivity index (χ1v) is 4.39. The van der Waals surface area contributed by atoms with E-state index in [0.717, 1.165) is 6.33 Å². The molecule has 9 heteroatoms. The summed E-state index contributed by atoms with van der Waals surface area (Å²) in [5.41, 5.74) is -3.06. The smallest absolute Gasteiger partial charge is 0.422 e. The quantitative estimate of drug-likeness (QED) is 0.835. The van der Waals surface area contributed by atoms with Crippen LogP contribution in [0.4, 0.5) is 18.3 Å². The van der Waals surface area contributed by atoms with Gasteiger partial charge in [-0.15, -0.1) is 0 Å². The Labute approximate surface area is 86.1 Å². The lowest BCUT2D eigenvalue weighted by atomic mass is 10.0. The molecule has 1 unspecified atom stereocenters. The van der Waals surface area contributed by atoms with Gasteiger partial charge in [0.15, 0.2) is 0 Å². The van der Waals surface area contributed by atoms with Crippen molar-refractivity contribution in [2.24, 2.45) is 0 Å². The number of anilines is 1. The van der Waals surface area contributed by atoms with Gasteiger partial charge in [-0.25, -0.2) is 9.78 Å². The summed E-state index contributed by atoms with van der Waals surface area (Å²) in [6.07, 6.45) is -3.89. The van der Waals surface area contributed by atoms with Crippen LogP contribution >= 0.6 is 11.5 Å². The predicted octanol–water partition coefficient (Wildman–Crippen LogP) is 1.36. The SMILES string of the molecule is CC(Nc1ncns1)(C(=O)O)C(F)(F)F. The number of carboxylic acid groups (broad SMARTS) is 1. The molecule has 1 rings (SSSR count). The van der Waals surface area contributed by atoms with E-state index in [4.69, 9.17) is 5.11 Å². The average Bonchev–Trinajstić information content (AvgIpc) is 2.54. The van der Waals surface area contributed by atoms with Crippen LogP contribution in [0.2, 0.25) is 0 Å². The van der Waals surface area contributed by atoms with Gasteiger partial charge in [-0.05, 0) is 6.92 Å². The van der Waals surface area contributed by atoms with Crippen molar-refractivity contribution in [2.45, 2.75) is 18.6 Å². The van der Waals surface area contributed by atoms with Crippen LogP contribution in [0.1, 0.15) is 6.92 Å². The van der Waals surface area contributed by atoms with E-state index in [1.807, 2.05) is 0 Å². The molecule has 0 saturated carbocycles. The number of aliphatic carboxylic acids is 1. The zero-order valence-corrected chi connectivity index (χ0v) is 8.19. The number of nitrogens with one attached hydrogen (secondary N) is 1. The Morgan fingerprint density at radius 2 is 2.20 bits per heavy atom. The highest BCUT2D eigenvalue weighted by Gasteiger charge is 2.58. The monoisotopic (exact) mass is 241 g/mol. The fraction of sp³-hybridized carbons (Fsp3) is 0.500. The number of carbonyl (C=O) groups is 1. The fourth-order valence-corrected chi connectivity index (χ4v) is 1.23. The maximum absolute atomic E-state index is 12.5. The first-order valence-electron chi connectivity index (χ1n) is 3.62. The lowest BCUT2D eigenvalue weighted by Gasteiger charge is -2.27. The Morgan fingerprint density at radius 3 is 2.53 bits per heavy atom. The van der Waals surface area contributed by atoms with Crippen molar-refractivity contribution in [3.63, 3.8) is 0 Å². The summed E-state index contributed by atoms with van der Waals surface area (Å²) in [6, 6.07) is 0. The van der Waals surface area contributed by atoms with Gasteiger partial charge in [-0.1, -0.05) is 0 Å². The molecule has 1 aromatic heterocycles. The Kier molecular flexibility index (Phi) is 2.84. The second-order valence-electron chi connectivity index (χ2n) is 2.80. The van der Waals surface area contributed by atoms with Crippen LogP contribution < -0.4 is 5.32 Å². The van der Waals surface area contributed by atoms with E-state index >= 15 is 0 Å². The average molecular weight is 241 g/mol. The van der Waals surface area contributed by atoms with E-state index in [1.165, 1.54) is 0 Å². The summed E-state index contributed by atoms with van der Waals surface area (Å²) in [7, 11) is 0. The van der Waals surface area contributed by atoms with Crippen molar-refractivity contribution >= 4 is 22.6 Å². The molecule has 1 atom stereocenters. The molecule has 0 radical (unpaired) electrons. The predicted molar refractivity (Wildman–Crippen MR) is 45.6 cm³/mol. The van der Waals surface area contributed by atoms with Crippen molar-refractivity contribution in [1.82, 2.24) is 9.36 Å². The molecule has 1 heterocycles. The fourth-order valence-electron chi connectivity index (χ4n) is 0.688. The van der Waals surface area contributed by atoms with Gasteiger partial charge in [-0.3, -0.25) is 0 Å². The Morgan fingerprint density at radius 1 is 1.60 bits per heavy atom. The first kappa shape index (κ1) is 11.7. The Hall–Kier alpha value is -1.38. The van der Waals surface area contributed by atoms with E-state index in [1.54, 1.807) is 5.32 Å². The van der Waals surface area contributed by atoms with Crippen LogP contribution in [0.25, 0.3) is 0 Å². The lowest BCUT2D eigenvalue weighted by molar-refractivity contribution is -0.192. The highest BCUT2D eigenvalue weighted by Crippen LogP contribution is 2.33. The van der Waals surface area contributed by atoms with Gasteiger partial charge in [0.2, 0.25) is 10.7 Å². The number of aromatic nitrogens is 2. The molecule has 0 saturated heterocycles. The normalized spacial score (nSPS) is 15.7. The molecule has 0 aromatic carbocycles. The van der Waals surface area contributed by atoms with E-state index < -0.39 is 17.7 Å². The van der Waals surface area contributed by atoms with Gasteiger partial charge in [0.25, 0.3) is 0 Å². The summed E-state index contributed by atoms with van der Waals surface area (Å²) in [5.74, 6) is -2.02. The lowest BCUT2D eigenvalue weighted by Crippen LogP contribution is -2.55. The number of carboxylic acids is 1. The van der Waals surface area contributed by atoms with Crippen molar-refractivity contribution in [3.8, 4) is 0 Å². The Bertz CT molecular complexity index is 353. The minimum Gasteiger partial charge on any atom is -0.479 e.